The zero-order chi connectivity index (χ0) is 44.3. The number of hydrogen-bond acceptors (Lipinski definition) is 25. The number of aliphatic hydroxyl groups is 13. The van der Waals surface area contributed by atoms with Gasteiger partial charge in [0.05, 0.1) is 38.6 Å². The Balaban J connectivity index is 1.53. The second kappa shape index (κ2) is 21.5. The Morgan fingerprint density at radius 3 is 1.50 bits per heavy atom. The predicted octanol–water partition coefficient (Wildman–Crippen LogP) is -9.74. The van der Waals surface area contributed by atoms with Gasteiger partial charge in [-0.1, -0.05) is 0 Å². The molecule has 0 spiro atoms. The molecule has 0 radical (unpaired) electrons. The first-order valence-electron chi connectivity index (χ1n) is 19.5. The molecule has 5 heterocycles. The summed E-state index contributed by atoms with van der Waals surface area (Å²) in [4.78, 5) is 12.7. The van der Waals surface area contributed by atoms with Crippen LogP contribution in [0.5, 0.6) is 0 Å². The minimum Gasteiger partial charge on any atom is -0.394 e. The fraction of sp³-hybridized carbons (Fsp3) is 0.971. The van der Waals surface area contributed by atoms with Gasteiger partial charge < -0.3 is 125 Å². The number of amides is 1. The van der Waals surface area contributed by atoms with Crippen LogP contribution in [0.4, 0.5) is 0 Å². The first-order chi connectivity index (χ1) is 28.3. The third-order valence-corrected chi connectivity index (χ3v) is 11.0. The third-order valence-electron chi connectivity index (χ3n) is 11.0. The number of hydrogen-bond donors (Lipinski definition) is 15. The van der Waals surface area contributed by atoms with E-state index in [0.717, 1.165) is 6.92 Å². The summed E-state index contributed by atoms with van der Waals surface area (Å²) < 4.78 is 58.4. The Labute approximate surface area is 342 Å². The van der Waals surface area contributed by atoms with Gasteiger partial charge in [0.25, 0.3) is 0 Å². The van der Waals surface area contributed by atoms with Gasteiger partial charge >= 0.3 is 0 Å². The fourth-order valence-electron chi connectivity index (χ4n) is 7.52. The van der Waals surface area contributed by atoms with Gasteiger partial charge in [-0.25, -0.2) is 0 Å². The Hall–Kier alpha value is -1.49. The van der Waals surface area contributed by atoms with Gasteiger partial charge in [-0.05, 0) is 13.8 Å². The summed E-state index contributed by atoms with van der Waals surface area (Å²) in [5, 5.41) is 140. The molecule has 5 aliphatic rings. The molecule has 5 saturated heterocycles. The molecule has 16 N–H and O–H groups in total. The number of aliphatic hydroxyl groups excluding tert-OH is 13. The lowest BCUT2D eigenvalue weighted by molar-refractivity contribution is -0.389. The first-order valence-corrected chi connectivity index (χ1v) is 19.5. The van der Waals surface area contributed by atoms with Crippen molar-refractivity contribution < 1.29 is 119 Å². The van der Waals surface area contributed by atoms with Crippen molar-refractivity contribution in [3.63, 3.8) is 0 Å². The van der Waals surface area contributed by atoms with Crippen LogP contribution >= 0.6 is 0 Å². The van der Waals surface area contributed by atoms with Gasteiger partial charge in [-0.15, -0.1) is 0 Å². The molecule has 0 aromatic heterocycles. The van der Waals surface area contributed by atoms with Gasteiger partial charge in [-0.2, -0.15) is 0 Å². The van der Waals surface area contributed by atoms with Crippen molar-refractivity contribution in [3.05, 3.63) is 0 Å². The summed E-state index contributed by atoms with van der Waals surface area (Å²) in [6, 6.07) is -1.63. The van der Waals surface area contributed by atoms with E-state index in [2.05, 4.69) is 5.32 Å². The van der Waals surface area contributed by atoms with Crippen LogP contribution in [0, 0.1) is 0 Å². The van der Waals surface area contributed by atoms with Crippen molar-refractivity contribution in [2.45, 2.75) is 174 Å². The maximum Gasteiger partial charge on any atom is 0.217 e. The third kappa shape index (κ3) is 10.7. The highest BCUT2D eigenvalue weighted by atomic mass is 16.8. The summed E-state index contributed by atoms with van der Waals surface area (Å²) in [6.07, 6.45) is -40.7. The predicted molar refractivity (Wildman–Crippen MR) is 188 cm³/mol. The van der Waals surface area contributed by atoms with Crippen molar-refractivity contribution in [3.8, 4) is 0 Å². The lowest BCUT2D eigenvalue weighted by Crippen LogP contribution is -2.70. The molecule has 0 aromatic carbocycles. The topological polar surface area (TPSA) is 410 Å². The molecule has 5 fully saturated rings. The van der Waals surface area contributed by atoms with E-state index in [-0.39, 0.29) is 13.2 Å². The zero-order valence-electron chi connectivity index (χ0n) is 32.9. The molecular formula is C34H60N2O24. The van der Waals surface area contributed by atoms with Crippen LogP contribution in [-0.2, 0) is 52.2 Å². The van der Waals surface area contributed by atoms with Crippen molar-refractivity contribution in [2.75, 3.05) is 33.0 Å². The second-order valence-corrected chi connectivity index (χ2v) is 15.3. The molecule has 60 heavy (non-hydrogen) atoms. The molecule has 26 nitrogen and oxygen atoms in total. The van der Waals surface area contributed by atoms with E-state index in [0.29, 0.717) is 0 Å². The molecule has 25 atom stereocenters. The molecule has 0 aromatic rings. The standard InChI is InChI=1S/C34H60N2O24/c1-9-16(40)20(44)24(48)33(53-9)59-28-15(36-11(3)39)30(55-13(7-38)19(28)43)58-27-14(8-52-31-23(47)22(46)18(42)12(6-37)56-31)57-32(51-5-4-35)26(50)29(27)60-34-25(49)21(45)17(41)10(2)54-34/h9-10,12-34,37-38,40-50H,4-8,35H2,1-3H3,(H,36,39)/t9-,10-,12+,13+,14+,15+,16-,17-,18+,19+,20+,21+,22-,23+,24+,25+,26+,27+,28+,29+,30-,31+,32-,33-,34-/m0/s1. The number of ether oxygens (including phenoxy) is 10. The van der Waals surface area contributed by atoms with E-state index in [4.69, 9.17) is 53.1 Å². The average molecular weight is 881 g/mol. The molecule has 26 heteroatoms. The Kier molecular flexibility index (Phi) is 17.7. The van der Waals surface area contributed by atoms with Crippen LogP contribution < -0.4 is 11.1 Å². The number of nitrogens with one attached hydrogen (secondary N) is 1. The van der Waals surface area contributed by atoms with Gasteiger partial charge in [0, 0.05) is 13.5 Å². The van der Waals surface area contributed by atoms with Crippen molar-refractivity contribution >= 4 is 5.91 Å². The van der Waals surface area contributed by atoms with Crippen LogP contribution in [0.3, 0.4) is 0 Å². The van der Waals surface area contributed by atoms with E-state index in [1.54, 1.807) is 0 Å². The molecule has 0 aliphatic carbocycles. The van der Waals surface area contributed by atoms with Crippen molar-refractivity contribution in [2.24, 2.45) is 5.73 Å². The van der Waals surface area contributed by atoms with Crippen LogP contribution in [0.1, 0.15) is 20.8 Å². The van der Waals surface area contributed by atoms with Crippen LogP contribution in [-0.4, -0.2) is 259 Å². The van der Waals surface area contributed by atoms with Crippen molar-refractivity contribution in [1.29, 1.82) is 0 Å². The average Bonchev–Trinajstić information content (AvgIpc) is 3.22. The fourth-order valence-corrected chi connectivity index (χ4v) is 7.52. The van der Waals surface area contributed by atoms with E-state index >= 15 is 0 Å². The van der Waals surface area contributed by atoms with E-state index in [9.17, 15) is 71.2 Å². The Morgan fingerprint density at radius 1 is 0.517 bits per heavy atom. The van der Waals surface area contributed by atoms with Crippen LogP contribution in [0.2, 0.25) is 0 Å². The number of rotatable bonds is 15. The molecular weight excluding hydrogens is 820 g/mol. The zero-order valence-corrected chi connectivity index (χ0v) is 32.9. The SMILES string of the molecule is CC(=O)N[C@H]1[C@H](O[C@H]2[C@H](O[C@@H]3O[C@@H](C)[C@H](O)[C@@H](O)[C@H]3O)[C@@H](O)[C@@H](OCCN)O[C@@H]2CO[C@@H]2O[C@H](CO)[C@@H](O)[C@H](O)[C@H]2O)O[C@H](CO)[C@@H](O)[C@@H]1O[C@@H]1O[C@@H](C)[C@H](O)[C@@H](O)[C@H]1O. The summed E-state index contributed by atoms with van der Waals surface area (Å²) in [6.45, 7) is 1.05. The Morgan fingerprint density at radius 2 is 0.967 bits per heavy atom. The minimum absolute atomic E-state index is 0.0785. The molecule has 350 valence electrons. The quantitative estimate of drug-likeness (QED) is 0.0726. The first kappa shape index (κ1) is 49.5. The molecule has 5 aliphatic heterocycles. The lowest BCUT2D eigenvalue weighted by Gasteiger charge is -2.51. The Bertz CT molecular complexity index is 1340. The number of nitrogens with two attached hydrogens (primary N) is 1. The van der Waals surface area contributed by atoms with Gasteiger partial charge in [0.15, 0.2) is 31.5 Å². The van der Waals surface area contributed by atoms with Crippen molar-refractivity contribution in [1.82, 2.24) is 5.32 Å². The molecule has 0 saturated carbocycles. The summed E-state index contributed by atoms with van der Waals surface area (Å²) in [7, 11) is 0. The normalized spacial score (nSPS) is 50.3. The maximum absolute atomic E-state index is 12.7. The molecule has 5 rings (SSSR count). The summed E-state index contributed by atoms with van der Waals surface area (Å²) >= 11 is 0. The number of carbonyl (C=O) groups is 1. The van der Waals surface area contributed by atoms with Gasteiger partial charge in [0.1, 0.15) is 110 Å². The van der Waals surface area contributed by atoms with Crippen LogP contribution in [0.25, 0.3) is 0 Å². The van der Waals surface area contributed by atoms with Crippen LogP contribution in [0.15, 0.2) is 0 Å². The molecule has 0 unspecified atom stereocenters. The maximum atomic E-state index is 12.7. The van der Waals surface area contributed by atoms with E-state index < -0.39 is 179 Å². The largest absolute Gasteiger partial charge is 0.394 e. The minimum atomic E-state index is -1.94. The lowest BCUT2D eigenvalue weighted by atomic mass is 9.94. The highest BCUT2D eigenvalue weighted by Gasteiger charge is 2.57. The highest BCUT2D eigenvalue weighted by Crippen LogP contribution is 2.36. The monoisotopic (exact) mass is 880 g/mol. The second-order valence-electron chi connectivity index (χ2n) is 15.3. The molecule has 1 amide bonds. The highest BCUT2D eigenvalue weighted by molar-refractivity contribution is 5.73. The van der Waals surface area contributed by atoms with E-state index in [1.165, 1.54) is 13.8 Å². The van der Waals surface area contributed by atoms with Gasteiger partial charge in [0.2, 0.25) is 5.91 Å². The molecule has 0 bridgehead atoms. The summed E-state index contributed by atoms with van der Waals surface area (Å²) in [5.41, 5.74) is 5.64. The number of carbonyl (C=O) groups excluding carboxylic acids is 1. The summed E-state index contributed by atoms with van der Waals surface area (Å²) in [5.74, 6) is -0.764. The van der Waals surface area contributed by atoms with E-state index in [1.807, 2.05) is 0 Å². The smallest absolute Gasteiger partial charge is 0.217 e. The van der Waals surface area contributed by atoms with Gasteiger partial charge in [-0.3, -0.25) is 4.79 Å².